The highest BCUT2D eigenvalue weighted by atomic mass is 35.5. The van der Waals surface area contributed by atoms with E-state index in [1.54, 1.807) is 0 Å². The number of aliphatic hydroxyl groups is 1. The van der Waals surface area contributed by atoms with Crippen LogP contribution in [0.5, 0.6) is 5.75 Å². The summed E-state index contributed by atoms with van der Waals surface area (Å²) in [5, 5.41) is 9.13. The Labute approximate surface area is 80.9 Å². The molecule has 0 saturated heterocycles. The van der Waals surface area contributed by atoms with Crippen LogP contribution >= 0.6 is 11.6 Å². The monoisotopic (exact) mass is 204 g/mol. The summed E-state index contributed by atoms with van der Waals surface area (Å²) in [4.78, 5) is 0. The molecule has 1 aromatic rings. The van der Waals surface area contributed by atoms with E-state index in [0.29, 0.717) is 17.0 Å². The summed E-state index contributed by atoms with van der Waals surface area (Å²) in [6, 6.07) is 2.69. The zero-order valence-corrected chi connectivity index (χ0v) is 7.94. The maximum Gasteiger partial charge on any atom is 0.165 e. The average Bonchev–Trinajstić information content (AvgIpc) is 2.12. The molecule has 1 rings (SSSR count). The van der Waals surface area contributed by atoms with Crippen molar-refractivity contribution in [1.82, 2.24) is 0 Å². The van der Waals surface area contributed by atoms with E-state index >= 15 is 0 Å². The van der Waals surface area contributed by atoms with E-state index in [4.69, 9.17) is 21.4 Å². The Kier molecular flexibility index (Phi) is 3.51. The minimum atomic E-state index is -0.463. The fraction of sp³-hybridized carbons (Fsp3) is 0.333. The quantitative estimate of drug-likeness (QED) is 0.817. The Hall–Kier alpha value is -0.800. The first-order valence-electron chi connectivity index (χ1n) is 3.82. The molecule has 0 bridgehead atoms. The van der Waals surface area contributed by atoms with Crippen molar-refractivity contribution in [1.29, 1.82) is 0 Å². The molecular formula is C9H10ClFO2. The number of ether oxygens (including phenoxy) is 1. The van der Waals surface area contributed by atoms with E-state index in [2.05, 4.69) is 0 Å². The van der Waals surface area contributed by atoms with Crippen molar-refractivity contribution in [3.05, 3.63) is 28.5 Å². The highest BCUT2D eigenvalue weighted by Crippen LogP contribution is 2.29. The van der Waals surface area contributed by atoms with E-state index in [1.165, 1.54) is 19.2 Å². The van der Waals surface area contributed by atoms with Crippen LogP contribution in [0.1, 0.15) is 5.56 Å². The standard InChI is InChI=1S/C9H10ClFO2/c1-13-9-6(4-5-12)7(10)2-3-8(9)11/h2-3,12H,4-5H2,1H3. The van der Waals surface area contributed by atoms with E-state index in [9.17, 15) is 4.39 Å². The maximum atomic E-state index is 13.1. The lowest BCUT2D eigenvalue weighted by Crippen LogP contribution is -1.99. The van der Waals surface area contributed by atoms with Gasteiger partial charge in [-0.3, -0.25) is 0 Å². The van der Waals surface area contributed by atoms with Crippen LogP contribution in [0.3, 0.4) is 0 Å². The van der Waals surface area contributed by atoms with Crippen molar-refractivity contribution < 1.29 is 14.2 Å². The SMILES string of the molecule is COc1c(F)ccc(Cl)c1CCO. The Morgan fingerprint density at radius 3 is 2.77 bits per heavy atom. The number of hydrogen-bond acceptors (Lipinski definition) is 2. The van der Waals surface area contributed by atoms with Crippen molar-refractivity contribution in [2.75, 3.05) is 13.7 Å². The van der Waals surface area contributed by atoms with Crippen molar-refractivity contribution in [3.8, 4) is 5.75 Å². The summed E-state index contributed by atoms with van der Waals surface area (Å²) >= 11 is 5.80. The van der Waals surface area contributed by atoms with Crippen molar-refractivity contribution in [2.24, 2.45) is 0 Å². The van der Waals surface area contributed by atoms with Crippen molar-refractivity contribution in [2.45, 2.75) is 6.42 Å². The summed E-state index contributed by atoms with van der Waals surface area (Å²) in [6.45, 7) is -0.0838. The van der Waals surface area contributed by atoms with Gasteiger partial charge in [0.05, 0.1) is 7.11 Å². The van der Waals surface area contributed by atoms with Gasteiger partial charge < -0.3 is 9.84 Å². The zero-order chi connectivity index (χ0) is 9.84. The van der Waals surface area contributed by atoms with Gasteiger partial charge in [-0.2, -0.15) is 0 Å². The van der Waals surface area contributed by atoms with Gasteiger partial charge >= 0.3 is 0 Å². The molecule has 0 fully saturated rings. The molecule has 13 heavy (non-hydrogen) atoms. The summed E-state index contributed by atoms with van der Waals surface area (Å²) in [7, 11) is 1.37. The van der Waals surface area contributed by atoms with Gasteiger partial charge in [0.25, 0.3) is 0 Å². The largest absolute Gasteiger partial charge is 0.493 e. The van der Waals surface area contributed by atoms with Gasteiger partial charge in [-0.1, -0.05) is 11.6 Å². The fourth-order valence-electron chi connectivity index (χ4n) is 1.14. The molecular weight excluding hydrogens is 195 g/mol. The highest BCUT2D eigenvalue weighted by Gasteiger charge is 2.12. The third-order valence-electron chi connectivity index (χ3n) is 1.72. The number of hydrogen-bond donors (Lipinski definition) is 1. The molecule has 4 heteroatoms. The predicted molar refractivity (Wildman–Crippen MR) is 48.8 cm³/mol. The van der Waals surface area contributed by atoms with Crippen LogP contribution in [0.2, 0.25) is 5.02 Å². The summed E-state index contributed by atoms with van der Waals surface area (Å²) in [5.74, 6) is -0.350. The minimum Gasteiger partial charge on any atom is -0.493 e. The number of halogens is 2. The van der Waals surface area contributed by atoms with E-state index in [1.807, 2.05) is 0 Å². The van der Waals surface area contributed by atoms with Crippen LogP contribution in [0.4, 0.5) is 4.39 Å². The first-order chi connectivity index (χ1) is 6.20. The molecule has 0 aromatic heterocycles. The number of benzene rings is 1. The lowest BCUT2D eigenvalue weighted by atomic mass is 10.1. The topological polar surface area (TPSA) is 29.5 Å². The van der Waals surface area contributed by atoms with Crippen LogP contribution in [-0.4, -0.2) is 18.8 Å². The van der Waals surface area contributed by atoms with Gasteiger partial charge in [-0.15, -0.1) is 0 Å². The van der Waals surface area contributed by atoms with Gasteiger partial charge in [0.15, 0.2) is 11.6 Å². The molecule has 0 heterocycles. The number of rotatable bonds is 3. The molecule has 0 aliphatic rings. The highest BCUT2D eigenvalue weighted by molar-refractivity contribution is 6.31. The Balaban J connectivity index is 3.18. The number of aliphatic hydroxyl groups excluding tert-OH is 1. The molecule has 0 aliphatic carbocycles. The third kappa shape index (κ3) is 2.11. The van der Waals surface area contributed by atoms with Crippen molar-refractivity contribution in [3.63, 3.8) is 0 Å². The average molecular weight is 205 g/mol. The molecule has 0 radical (unpaired) electrons. The molecule has 0 atom stereocenters. The summed E-state index contributed by atoms with van der Waals surface area (Å²) in [6.07, 6.45) is 0.291. The molecule has 0 aliphatic heterocycles. The molecule has 0 saturated carbocycles. The predicted octanol–water partition coefficient (Wildman–Crippen LogP) is 2.02. The minimum absolute atomic E-state index is 0.0838. The second-order valence-electron chi connectivity index (χ2n) is 2.51. The first-order valence-corrected chi connectivity index (χ1v) is 4.20. The van der Waals surface area contributed by atoms with Gasteiger partial charge in [-0.05, 0) is 12.1 Å². The van der Waals surface area contributed by atoms with Crippen LogP contribution < -0.4 is 4.74 Å². The molecule has 1 N–H and O–H groups in total. The van der Waals surface area contributed by atoms with E-state index < -0.39 is 5.82 Å². The summed E-state index contributed by atoms with van der Waals surface area (Å²) in [5.41, 5.74) is 0.506. The van der Waals surface area contributed by atoms with Crippen LogP contribution in [-0.2, 0) is 6.42 Å². The second-order valence-corrected chi connectivity index (χ2v) is 2.92. The third-order valence-corrected chi connectivity index (χ3v) is 2.08. The van der Waals surface area contributed by atoms with Crippen molar-refractivity contribution >= 4 is 11.6 Å². The zero-order valence-electron chi connectivity index (χ0n) is 7.18. The van der Waals surface area contributed by atoms with E-state index in [-0.39, 0.29) is 12.4 Å². The molecule has 2 nitrogen and oxygen atoms in total. The Bertz CT molecular complexity index is 302. The smallest absolute Gasteiger partial charge is 0.165 e. The second kappa shape index (κ2) is 4.44. The van der Waals surface area contributed by atoms with Gasteiger partial charge in [0, 0.05) is 23.6 Å². The first kappa shape index (κ1) is 10.3. The number of methoxy groups -OCH3 is 1. The Morgan fingerprint density at radius 1 is 1.54 bits per heavy atom. The molecule has 0 unspecified atom stereocenters. The fourth-order valence-corrected chi connectivity index (χ4v) is 1.38. The van der Waals surface area contributed by atoms with E-state index in [0.717, 1.165) is 0 Å². The molecule has 0 amide bonds. The lowest BCUT2D eigenvalue weighted by molar-refractivity contribution is 0.295. The molecule has 1 aromatic carbocycles. The lowest BCUT2D eigenvalue weighted by Gasteiger charge is -2.09. The molecule has 72 valence electrons. The molecule has 0 spiro atoms. The van der Waals surface area contributed by atoms with Gasteiger partial charge in [0.1, 0.15) is 0 Å². The van der Waals surface area contributed by atoms with Gasteiger partial charge in [-0.25, -0.2) is 4.39 Å². The summed E-state index contributed by atoms with van der Waals surface area (Å²) < 4.78 is 17.9. The Morgan fingerprint density at radius 2 is 2.23 bits per heavy atom. The van der Waals surface area contributed by atoms with Crippen LogP contribution in [0.25, 0.3) is 0 Å². The normalized spacial score (nSPS) is 10.2. The van der Waals surface area contributed by atoms with Crippen LogP contribution in [0, 0.1) is 5.82 Å². The van der Waals surface area contributed by atoms with Crippen LogP contribution in [0.15, 0.2) is 12.1 Å². The van der Waals surface area contributed by atoms with Gasteiger partial charge in [0.2, 0.25) is 0 Å². The maximum absolute atomic E-state index is 13.1.